The van der Waals surface area contributed by atoms with E-state index in [9.17, 15) is 5.26 Å². The van der Waals surface area contributed by atoms with Gasteiger partial charge in [0.05, 0.1) is 43.1 Å². The van der Waals surface area contributed by atoms with Crippen LogP contribution < -0.4 is 4.74 Å². The van der Waals surface area contributed by atoms with Crippen molar-refractivity contribution in [1.82, 2.24) is 14.6 Å². The number of nitrogens with zero attached hydrogens (tertiary/aromatic N) is 4. The average Bonchev–Trinajstić information content (AvgIpc) is 3.47. The second-order valence-corrected chi connectivity index (χ2v) is 8.18. The van der Waals surface area contributed by atoms with Gasteiger partial charge in [-0.05, 0) is 55.5 Å². The van der Waals surface area contributed by atoms with Crippen LogP contribution >= 0.6 is 0 Å². The van der Waals surface area contributed by atoms with Gasteiger partial charge in [0.2, 0.25) is 0 Å². The molecular formula is C25H24N4O2. The third-order valence-corrected chi connectivity index (χ3v) is 6.00. The van der Waals surface area contributed by atoms with Gasteiger partial charge >= 0.3 is 0 Å². The van der Waals surface area contributed by atoms with Gasteiger partial charge in [0.25, 0.3) is 0 Å². The third-order valence-electron chi connectivity index (χ3n) is 6.00. The number of methoxy groups -OCH3 is 1. The lowest BCUT2D eigenvalue weighted by atomic mass is 10.1. The van der Waals surface area contributed by atoms with Crippen molar-refractivity contribution in [2.45, 2.75) is 31.1 Å². The lowest BCUT2D eigenvalue weighted by Crippen LogP contribution is -2.18. The largest absolute Gasteiger partial charge is 0.493 e. The van der Waals surface area contributed by atoms with Crippen LogP contribution in [0.3, 0.4) is 0 Å². The van der Waals surface area contributed by atoms with Gasteiger partial charge in [-0.1, -0.05) is 30.4 Å². The Bertz CT molecular complexity index is 1230. The predicted octanol–water partition coefficient (Wildman–Crippen LogP) is 4.60. The van der Waals surface area contributed by atoms with E-state index < -0.39 is 0 Å². The van der Waals surface area contributed by atoms with Crippen molar-refractivity contribution in [1.29, 1.82) is 5.26 Å². The van der Waals surface area contributed by atoms with E-state index >= 15 is 0 Å². The molecule has 1 saturated carbocycles. The Hall–Kier alpha value is -3.43. The molecule has 1 fully saturated rings. The zero-order chi connectivity index (χ0) is 21.3. The van der Waals surface area contributed by atoms with Crippen molar-refractivity contribution in [3.05, 3.63) is 71.6 Å². The standard InChI is InChI=1S/C25H24N4O2/c1-30-22-11-10-21(20-9-5-8-19(14-20)15-26)29-23(22)27-24(28-29)25(12-13-25)17-31-16-18-6-3-2-4-7-18/h3,5-11,14H,2,4,12-13,16-17H2,1H3. The van der Waals surface area contributed by atoms with Crippen LogP contribution in [0, 0.1) is 11.3 Å². The van der Waals surface area contributed by atoms with Gasteiger partial charge < -0.3 is 9.47 Å². The topological polar surface area (TPSA) is 72.4 Å². The highest BCUT2D eigenvalue weighted by molar-refractivity contribution is 5.68. The first-order valence-corrected chi connectivity index (χ1v) is 10.6. The van der Waals surface area contributed by atoms with E-state index in [0.717, 1.165) is 42.8 Å². The van der Waals surface area contributed by atoms with Crippen LogP contribution in [0.1, 0.15) is 37.1 Å². The van der Waals surface area contributed by atoms with Crippen molar-refractivity contribution < 1.29 is 9.47 Å². The average molecular weight is 412 g/mol. The highest BCUT2D eigenvalue weighted by Gasteiger charge is 2.48. The van der Waals surface area contributed by atoms with Crippen LogP contribution in [0.2, 0.25) is 0 Å². The number of ether oxygens (including phenoxy) is 2. The van der Waals surface area contributed by atoms with Gasteiger partial charge in [-0.25, -0.2) is 9.50 Å². The Labute approximate surface area is 181 Å². The summed E-state index contributed by atoms with van der Waals surface area (Å²) in [5.41, 5.74) is 4.19. The normalized spacial score (nSPS) is 16.7. The van der Waals surface area contributed by atoms with E-state index in [1.165, 1.54) is 5.57 Å². The minimum atomic E-state index is -0.137. The van der Waals surface area contributed by atoms with Crippen molar-refractivity contribution >= 4 is 5.65 Å². The molecule has 0 saturated heterocycles. The molecule has 6 heteroatoms. The van der Waals surface area contributed by atoms with Gasteiger partial charge in [0.15, 0.2) is 17.2 Å². The number of hydrogen-bond donors (Lipinski definition) is 0. The Balaban J connectivity index is 1.46. The fourth-order valence-corrected chi connectivity index (χ4v) is 4.01. The summed E-state index contributed by atoms with van der Waals surface area (Å²) < 4.78 is 13.5. The second-order valence-electron chi connectivity index (χ2n) is 8.18. The molecule has 3 aromatic rings. The molecule has 0 atom stereocenters. The monoisotopic (exact) mass is 412 g/mol. The van der Waals surface area contributed by atoms with Crippen molar-refractivity contribution in [2.24, 2.45) is 0 Å². The van der Waals surface area contributed by atoms with Crippen molar-refractivity contribution in [2.75, 3.05) is 20.3 Å². The molecule has 0 N–H and O–H groups in total. The molecule has 2 aliphatic rings. The summed E-state index contributed by atoms with van der Waals surface area (Å²) in [5, 5.41) is 14.2. The van der Waals surface area contributed by atoms with Gasteiger partial charge in [-0.15, -0.1) is 5.10 Å². The second kappa shape index (κ2) is 8.01. The number of benzene rings is 1. The first-order chi connectivity index (χ1) is 15.2. The maximum atomic E-state index is 9.27. The van der Waals surface area contributed by atoms with E-state index in [4.69, 9.17) is 19.6 Å². The number of hydrogen-bond acceptors (Lipinski definition) is 5. The minimum absolute atomic E-state index is 0.137. The smallest absolute Gasteiger partial charge is 0.198 e. The lowest BCUT2D eigenvalue weighted by Gasteiger charge is -2.13. The molecule has 2 heterocycles. The van der Waals surface area contributed by atoms with Crippen LogP contribution in [-0.2, 0) is 10.2 Å². The molecule has 1 aromatic carbocycles. The van der Waals surface area contributed by atoms with Gasteiger partial charge in [0, 0.05) is 5.56 Å². The molecule has 156 valence electrons. The summed E-state index contributed by atoms with van der Waals surface area (Å²) in [7, 11) is 1.64. The molecule has 0 radical (unpaired) electrons. The molecule has 0 unspecified atom stereocenters. The molecule has 0 aliphatic heterocycles. The molecule has 5 rings (SSSR count). The summed E-state index contributed by atoms with van der Waals surface area (Å²) in [6, 6.07) is 13.6. The van der Waals surface area contributed by atoms with E-state index in [1.54, 1.807) is 13.2 Å². The Morgan fingerprint density at radius 3 is 2.84 bits per heavy atom. The Kier molecular flexibility index (Phi) is 5.05. The van der Waals surface area contributed by atoms with Gasteiger partial charge in [-0.2, -0.15) is 5.26 Å². The minimum Gasteiger partial charge on any atom is -0.493 e. The third kappa shape index (κ3) is 3.73. The molecule has 31 heavy (non-hydrogen) atoms. The quantitative estimate of drug-likeness (QED) is 0.567. The van der Waals surface area contributed by atoms with E-state index in [2.05, 4.69) is 24.3 Å². The molecular weight excluding hydrogens is 388 g/mol. The molecule has 2 aromatic heterocycles. The van der Waals surface area contributed by atoms with Crippen LogP contribution in [-0.4, -0.2) is 34.9 Å². The summed E-state index contributed by atoms with van der Waals surface area (Å²) in [4.78, 5) is 4.87. The highest BCUT2D eigenvalue weighted by Crippen LogP contribution is 2.47. The number of pyridine rings is 1. The van der Waals surface area contributed by atoms with Crippen LogP contribution in [0.15, 0.2) is 60.2 Å². The van der Waals surface area contributed by atoms with Gasteiger partial charge in [0.1, 0.15) is 0 Å². The zero-order valence-electron chi connectivity index (χ0n) is 17.5. The molecule has 0 spiro atoms. The number of nitriles is 1. The summed E-state index contributed by atoms with van der Waals surface area (Å²) in [5.74, 6) is 1.47. The van der Waals surface area contributed by atoms with Crippen molar-refractivity contribution in [3.8, 4) is 23.1 Å². The fourth-order valence-electron chi connectivity index (χ4n) is 4.01. The molecule has 0 amide bonds. The first-order valence-electron chi connectivity index (χ1n) is 10.6. The zero-order valence-corrected chi connectivity index (χ0v) is 17.5. The Morgan fingerprint density at radius 2 is 2.10 bits per heavy atom. The van der Waals surface area contributed by atoms with Crippen LogP contribution in [0.5, 0.6) is 5.75 Å². The SMILES string of the molecule is COc1ccc(-c2cccc(C#N)c2)n2nc(C3(COCC4=CCCC=C4)CC3)nc12. The Morgan fingerprint density at radius 1 is 1.19 bits per heavy atom. The summed E-state index contributed by atoms with van der Waals surface area (Å²) in [6.07, 6.45) is 10.8. The molecule has 2 aliphatic carbocycles. The van der Waals surface area contributed by atoms with Crippen LogP contribution in [0.4, 0.5) is 0 Å². The first kappa shape index (κ1) is 19.5. The number of fused-ring (bicyclic) bond motifs is 1. The van der Waals surface area contributed by atoms with E-state index in [-0.39, 0.29) is 5.41 Å². The van der Waals surface area contributed by atoms with Crippen molar-refractivity contribution in [3.63, 3.8) is 0 Å². The number of aromatic nitrogens is 3. The highest BCUT2D eigenvalue weighted by atomic mass is 16.5. The molecule has 0 bridgehead atoms. The van der Waals surface area contributed by atoms with E-state index in [0.29, 0.717) is 30.2 Å². The maximum Gasteiger partial charge on any atom is 0.198 e. The molecule has 6 nitrogen and oxygen atoms in total. The van der Waals surface area contributed by atoms with Crippen LogP contribution in [0.25, 0.3) is 16.9 Å². The lowest BCUT2D eigenvalue weighted by molar-refractivity contribution is 0.132. The van der Waals surface area contributed by atoms with Gasteiger partial charge in [-0.3, -0.25) is 0 Å². The summed E-state index contributed by atoms with van der Waals surface area (Å²) >= 11 is 0. The summed E-state index contributed by atoms with van der Waals surface area (Å²) in [6.45, 7) is 1.23. The number of rotatable bonds is 7. The fraction of sp³-hybridized carbons (Fsp3) is 0.320. The number of allylic oxidation sites excluding steroid dienone is 2. The predicted molar refractivity (Wildman–Crippen MR) is 118 cm³/mol. The van der Waals surface area contributed by atoms with E-state index in [1.807, 2.05) is 34.8 Å². The maximum absolute atomic E-state index is 9.27.